The van der Waals surface area contributed by atoms with E-state index in [1.807, 2.05) is 13.2 Å². The third kappa shape index (κ3) is 6.15. The molecule has 2 aromatic heterocycles. The van der Waals surface area contributed by atoms with Crippen LogP contribution in [-0.4, -0.2) is 45.6 Å². The predicted octanol–water partition coefficient (Wildman–Crippen LogP) is 3.49. The lowest BCUT2D eigenvalue weighted by Gasteiger charge is -2.22. The smallest absolute Gasteiger partial charge is 0.252 e. The maximum Gasteiger partial charge on any atom is 0.252 e. The maximum absolute atomic E-state index is 12.3. The van der Waals surface area contributed by atoms with Crippen molar-refractivity contribution in [3.63, 3.8) is 0 Å². The van der Waals surface area contributed by atoms with Gasteiger partial charge in [0, 0.05) is 25.4 Å². The molecule has 8 heteroatoms. The van der Waals surface area contributed by atoms with Crippen molar-refractivity contribution in [3.05, 3.63) is 17.6 Å². The Labute approximate surface area is 186 Å². The van der Waals surface area contributed by atoms with Crippen LogP contribution in [0.4, 0.5) is 5.82 Å². The van der Waals surface area contributed by atoms with Gasteiger partial charge in [0.2, 0.25) is 5.91 Å². The Bertz CT molecular complexity index is 850. The van der Waals surface area contributed by atoms with Gasteiger partial charge >= 0.3 is 0 Å². The Balaban J connectivity index is 1.82. The van der Waals surface area contributed by atoms with E-state index in [1.54, 1.807) is 4.52 Å². The lowest BCUT2D eigenvalue weighted by atomic mass is 9.93. The Kier molecular flexibility index (Phi) is 8.63. The van der Waals surface area contributed by atoms with Crippen molar-refractivity contribution in [2.45, 2.75) is 78.2 Å². The van der Waals surface area contributed by atoms with E-state index in [0.717, 1.165) is 61.9 Å². The van der Waals surface area contributed by atoms with Crippen molar-refractivity contribution in [3.8, 4) is 0 Å². The highest BCUT2D eigenvalue weighted by atomic mass is 16.1. The average molecular weight is 430 g/mol. The molecule has 3 N–H and O–H groups in total. The summed E-state index contributed by atoms with van der Waals surface area (Å²) in [6, 6.07) is 0.187. The van der Waals surface area contributed by atoms with Gasteiger partial charge in [-0.2, -0.15) is 10.1 Å². The number of rotatable bonds is 12. The maximum atomic E-state index is 12.3. The van der Waals surface area contributed by atoms with Crippen molar-refractivity contribution in [1.29, 1.82) is 0 Å². The van der Waals surface area contributed by atoms with Gasteiger partial charge in [0.15, 0.2) is 5.82 Å². The zero-order valence-corrected chi connectivity index (χ0v) is 19.6. The number of hydrogen-bond acceptors (Lipinski definition) is 6. The summed E-state index contributed by atoms with van der Waals surface area (Å²) >= 11 is 0. The van der Waals surface area contributed by atoms with Gasteiger partial charge in [0.25, 0.3) is 5.78 Å². The van der Waals surface area contributed by atoms with Crippen molar-refractivity contribution in [1.82, 2.24) is 30.2 Å². The molecule has 3 atom stereocenters. The van der Waals surface area contributed by atoms with E-state index >= 15 is 0 Å². The van der Waals surface area contributed by atoms with Crippen LogP contribution in [0.25, 0.3) is 5.78 Å². The van der Waals surface area contributed by atoms with Crippen LogP contribution < -0.4 is 16.0 Å². The zero-order valence-electron chi connectivity index (χ0n) is 19.6. The number of carbonyl (C=O) groups is 1. The standard InChI is InChI=1S/C23H39N7O/c1-5-12-25-21-19(14-17-10-8-13-26-22(17)31)29-30-15-20(27-23(30)28-21)18(24-4)11-7-9-16(3)6-2/h15-18,24H,5-14H2,1-4H3,(H,26,31)(H,25,27,28). The molecule has 0 saturated carbocycles. The molecular formula is C23H39N7O. The van der Waals surface area contributed by atoms with Crippen molar-refractivity contribution in [2.24, 2.45) is 11.8 Å². The zero-order chi connectivity index (χ0) is 22.2. The first kappa shape index (κ1) is 23.4. The van der Waals surface area contributed by atoms with E-state index in [4.69, 9.17) is 15.1 Å². The van der Waals surface area contributed by atoms with Gasteiger partial charge in [-0.05, 0) is 38.6 Å². The molecule has 3 rings (SSSR count). The Morgan fingerprint density at radius 2 is 2.13 bits per heavy atom. The summed E-state index contributed by atoms with van der Waals surface area (Å²) in [5.41, 5.74) is 1.81. The average Bonchev–Trinajstić information content (AvgIpc) is 3.18. The largest absolute Gasteiger partial charge is 0.368 e. The summed E-state index contributed by atoms with van der Waals surface area (Å²) in [6.45, 7) is 8.27. The summed E-state index contributed by atoms with van der Waals surface area (Å²) in [5.74, 6) is 2.19. The molecule has 3 heterocycles. The van der Waals surface area contributed by atoms with Crippen LogP contribution in [0.2, 0.25) is 0 Å². The van der Waals surface area contributed by atoms with Gasteiger partial charge < -0.3 is 16.0 Å². The number of piperidine rings is 1. The fraction of sp³-hybridized carbons (Fsp3) is 0.739. The molecule has 0 aliphatic carbocycles. The van der Waals surface area contributed by atoms with Gasteiger partial charge in [0.05, 0.1) is 17.9 Å². The molecule has 8 nitrogen and oxygen atoms in total. The van der Waals surface area contributed by atoms with Crippen LogP contribution in [0, 0.1) is 11.8 Å². The SMILES string of the molecule is CCCNc1nc2nc(C(CCCC(C)CC)NC)cn2nc1CC1CCCNC1=O. The van der Waals surface area contributed by atoms with Crippen molar-refractivity contribution >= 4 is 17.5 Å². The van der Waals surface area contributed by atoms with E-state index in [-0.39, 0.29) is 17.9 Å². The normalized spacial score (nSPS) is 18.7. The first-order valence-electron chi connectivity index (χ1n) is 12.0. The number of fused-ring (bicyclic) bond motifs is 1. The first-order valence-corrected chi connectivity index (χ1v) is 12.0. The highest BCUT2D eigenvalue weighted by molar-refractivity contribution is 5.79. The summed E-state index contributed by atoms with van der Waals surface area (Å²) in [7, 11) is 1.99. The number of nitrogens with one attached hydrogen (secondary N) is 3. The molecule has 1 amide bonds. The number of imidazole rings is 1. The molecule has 1 saturated heterocycles. The van der Waals surface area contributed by atoms with Gasteiger partial charge in [0.1, 0.15) is 5.69 Å². The minimum absolute atomic E-state index is 0.0451. The molecule has 1 aliphatic rings. The summed E-state index contributed by atoms with van der Waals surface area (Å²) in [5, 5.41) is 14.6. The number of hydrogen-bond donors (Lipinski definition) is 3. The minimum Gasteiger partial charge on any atom is -0.368 e. The number of carbonyl (C=O) groups excluding carboxylic acids is 1. The summed E-state index contributed by atoms with van der Waals surface area (Å²) in [6.07, 6.45) is 10.2. The second-order valence-corrected chi connectivity index (χ2v) is 8.86. The fourth-order valence-corrected chi connectivity index (χ4v) is 4.14. The van der Waals surface area contributed by atoms with E-state index < -0.39 is 0 Å². The van der Waals surface area contributed by atoms with E-state index in [0.29, 0.717) is 12.2 Å². The van der Waals surface area contributed by atoms with Gasteiger partial charge in [-0.1, -0.05) is 40.0 Å². The van der Waals surface area contributed by atoms with E-state index in [2.05, 4.69) is 36.7 Å². The molecule has 1 fully saturated rings. The Morgan fingerprint density at radius 3 is 2.84 bits per heavy atom. The minimum atomic E-state index is -0.0451. The van der Waals surface area contributed by atoms with Crippen LogP contribution in [0.1, 0.15) is 83.1 Å². The van der Waals surface area contributed by atoms with Crippen LogP contribution in [0.3, 0.4) is 0 Å². The Morgan fingerprint density at radius 1 is 1.29 bits per heavy atom. The van der Waals surface area contributed by atoms with E-state index in [9.17, 15) is 4.79 Å². The molecule has 0 bridgehead atoms. The molecule has 1 aliphatic heterocycles. The molecule has 0 radical (unpaired) electrons. The summed E-state index contributed by atoms with van der Waals surface area (Å²) < 4.78 is 1.78. The predicted molar refractivity (Wildman–Crippen MR) is 124 cm³/mol. The van der Waals surface area contributed by atoms with Crippen LogP contribution in [-0.2, 0) is 11.2 Å². The molecule has 2 aromatic rings. The Hall–Kier alpha value is -2.22. The molecule has 172 valence electrons. The van der Waals surface area contributed by atoms with Gasteiger partial charge in [-0.15, -0.1) is 0 Å². The molecule has 0 aromatic carbocycles. The van der Waals surface area contributed by atoms with Crippen molar-refractivity contribution < 1.29 is 4.79 Å². The highest BCUT2D eigenvalue weighted by Gasteiger charge is 2.25. The molecular weight excluding hydrogens is 390 g/mol. The molecule has 0 spiro atoms. The van der Waals surface area contributed by atoms with Gasteiger partial charge in [-0.3, -0.25) is 4.79 Å². The quantitative estimate of drug-likeness (QED) is 0.478. The number of aromatic nitrogens is 4. The second-order valence-electron chi connectivity index (χ2n) is 8.86. The van der Waals surface area contributed by atoms with E-state index in [1.165, 1.54) is 19.3 Å². The third-order valence-corrected chi connectivity index (χ3v) is 6.38. The highest BCUT2D eigenvalue weighted by Crippen LogP contribution is 2.24. The first-order chi connectivity index (χ1) is 15.0. The molecule has 31 heavy (non-hydrogen) atoms. The van der Waals surface area contributed by atoms with Gasteiger partial charge in [-0.25, -0.2) is 9.50 Å². The lowest BCUT2D eigenvalue weighted by Crippen LogP contribution is -2.37. The second kappa shape index (κ2) is 11.4. The lowest BCUT2D eigenvalue weighted by molar-refractivity contribution is -0.126. The number of anilines is 1. The molecule has 3 unspecified atom stereocenters. The topological polar surface area (TPSA) is 96.2 Å². The van der Waals surface area contributed by atoms with Crippen LogP contribution >= 0.6 is 0 Å². The number of nitrogens with zero attached hydrogens (tertiary/aromatic N) is 4. The van der Waals surface area contributed by atoms with Crippen LogP contribution in [0.15, 0.2) is 6.20 Å². The monoisotopic (exact) mass is 429 g/mol. The number of amides is 1. The van der Waals surface area contributed by atoms with Crippen LogP contribution in [0.5, 0.6) is 0 Å². The third-order valence-electron chi connectivity index (χ3n) is 6.38. The van der Waals surface area contributed by atoms with Crippen molar-refractivity contribution in [2.75, 3.05) is 25.5 Å². The summed E-state index contributed by atoms with van der Waals surface area (Å²) in [4.78, 5) is 21.8. The fourth-order valence-electron chi connectivity index (χ4n) is 4.14.